The summed E-state index contributed by atoms with van der Waals surface area (Å²) >= 11 is 4.52. The van der Waals surface area contributed by atoms with Gasteiger partial charge in [-0.2, -0.15) is 12.6 Å². The molecular weight excluding hydrogens is 315 g/mol. The van der Waals surface area contributed by atoms with E-state index in [0.29, 0.717) is 5.75 Å². The summed E-state index contributed by atoms with van der Waals surface area (Å²) in [5.74, 6) is 0.596. The standard InChI is InChI=1S/C20H25BO2S/c1-14-10-11-15(18-9-7-6-8-17(14)18)12-16(13-24)21-22-19(2,3)20(4,5)23-21/h6-12,24H,13H2,1-5H3. The molecule has 1 fully saturated rings. The number of thiol groups is 1. The number of aryl methyl sites for hydroxylation is 1. The van der Waals surface area contributed by atoms with E-state index in [1.165, 1.54) is 21.9 Å². The van der Waals surface area contributed by atoms with Crippen LogP contribution < -0.4 is 0 Å². The van der Waals surface area contributed by atoms with Gasteiger partial charge in [-0.05, 0) is 62.0 Å². The summed E-state index contributed by atoms with van der Waals surface area (Å²) in [6, 6.07) is 12.8. The van der Waals surface area contributed by atoms with Crippen molar-refractivity contribution in [2.45, 2.75) is 45.8 Å². The van der Waals surface area contributed by atoms with E-state index in [2.05, 4.69) is 89.7 Å². The second-order valence-electron chi connectivity index (χ2n) is 7.48. The quantitative estimate of drug-likeness (QED) is 0.619. The van der Waals surface area contributed by atoms with E-state index in [9.17, 15) is 0 Å². The van der Waals surface area contributed by atoms with E-state index < -0.39 is 0 Å². The first-order valence-electron chi connectivity index (χ1n) is 8.40. The summed E-state index contributed by atoms with van der Waals surface area (Å²) in [5, 5.41) is 2.52. The van der Waals surface area contributed by atoms with Gasteiger partial charge < -0.3 is 9.31 Å². The molecule has 126 valence electrons. The molecule has 0 N–H and O–H groups in total. The van der Waals surface area contributed by atoms with Gasteiger partial charge in [-0.15, -0.1) is 0 Å². The van der Waals surface area contributed by atoms with E-state index in [4.69, 9.17) is 9.31 Å². The zero-order valence-corrected chi connectivity index (χ0v) is 16.0. The molecule has 24 heavy (non-hydrogen) atoms. The summed E-state index contributed by atoms with van der Waals surface area (Å²) in [4.78, 5) is 0. The first kappa shape index (κ1) is 17.6. The fourth-order valence-corrected chi connectivity index (χ4v) is 3.22. The van der Waals surface area contributed by atoms with Crippen LogP contribution in [0, 0.1) is 6.92 Å². The van der Waals surface area contributed by atoms with Crippen LogP contribution in [0.1, 0.15) is 38.8 Å². The zero-order valence-electron chi connectivity index (χ0n) is 15.1. The third kappa shape index (κ3) is 3.03. The summed E-state index contributed by atoms with van der Waals surface area (Å²) < 4.78 is 12.4. The predicted molar refractivity (Wildman–Crippen MR) is 107 cm³/mol. The van der Waals surface area contributed by atoms with Crippen LogP contribution in [0.25, 0.3) is 16.8 Å². The normalized spacial score (nSPS) is 19.9. The van der Waals surface area contributed by atoms with Crippen LogP contribution in [0.3, 0.4) is 0 Å². The first-order chi connectivity index (χ1) is 11.2. The van der Waals surface area contributed by atoms with Crippen molar-refractivity contribution in [2.75, 3.05) is 5.75 Å². The van der Waals surface area contributed by atoms with Crippen molar-refractivity contribution in [1.82, 2.24) is 0 Å². The lowest BCUT2D eigenvalue weighted by Crippen LogP contribution is -2.41. The van der Waals surface area contributed by atoms with Gasteiger partial charge in [0.05, 0.1) is 11.2 Å². The van der Waals surface area contributed by atoms with Gasteiger partial charge in [0, 0.05) is 5.75 Å². The molecule has 1 aliphatic rings. The Balaban J connectivity index is 2.03. The molecule has 0 radical (unpaired) electrons. The molecule has 0 unspecified atom stereocenters. The number of hydrogen-bond acceptors (Lipinski definition) is 3. The number of rotatable bonds is 3. The highest BCUT2D eigenvalue weighted by Gasteiger charge is 2.52. The Morgan fingerprint density at radius 1 is 1.00 bits per heavy atom. The maximum atomic E-state index is 6.19. The van der Waals surface area contributed by atoms with Crippen LogP contribution in [0.4, 0.5) is 0 Å². The molecule has 0 amide bonds. The number of hydrogen-bond donors (Lipinski definition) is 1. The Morgan fingerprint density at radius 2 is 1.58 bits per heavy atom. The van der Waals surface area contributed by atoms with Crippen LogP contribution in [0.2, 0.25) is 0 Å². The summed E-state index contributed by atoms with van der Waals surface area (Å²) in [5.41, 5.74) is 2.83. The number of benzene rings is 2. The van der Waals surface area contributed by atoms with Gasteiger partial charge in [0.25, 0.3) is 0 Å². The van der Waals surface area contributed by atoms with E-state index >= 15 is 0 Å². The van der Waals surface area contributed by atoms with Crippen LogP contribution in [-0.4, -0.2) is 24.1 Å². The van der Waals surface area contributed by atoms with Crippen LogP contribution in [-0.2, 0) is 9.31 Å². The molecule has 0 saturated carbocycles. The second kappa shape index (κ2) is 6.25. The lowest BCUT2D eigenvalue weighted by atomic mass is 9.78. The Kier molecular flexibility index (Phi) is 4.58. The third-order valence-electron chi connectivity index (χ3n) is 5.26. The monoisotopic (exact) mass is 340 g/mol. The average molecular weight is 340 g/mol. The minimum atomic E-state index is -0.354. The average Bonchev–Trinajstić information content (AvgIpc) is 2.75. The van der Waals surface area contributed by atoms with E-state index in [1.54, 1.807) is 0 Å². The van der Waals surface area contributed by atoms with Crippen molar-refractivity contribution in [3.05, 3.63) is 53.0 Å². The smallest absolute Gasteiger partial charge is 0.400 e. The third-order valence-corrected chi connectivity index (χ3v) is 5.62. The summed E-state index contributed by atoms with van der Waals surface area (Å²) in [6.07, 6.45) is 2.16. The molecule has 1 saturated heterocycles. The van der Waals surface area contributed by atoms with Gasteiger partial charge in [0.15, 0.2) is 0 Å². The second-order valence-corrected chi connectivity index (χ2v) is 7.80. The van der Waals surface area contributed by atoms with Gasteiger partial charge in [-0.3, -0.25) is 0 Å². The van der Waals surface area contributed by atoms with Gasteiger partial charge in [0.1, 0.15) is 0 Å². The molecular formula is C20H25BO2S. The maximum Gasteiger partial charge on any atom is 0.491 e. The molecule has 1 aliphatic heterocycles. The van der Waals surface area contributed by atoms with Crippen molar-refractivity contribution >= 4 is 36.6 Å². The highest BCUT2D eigenvalue weighted by atomic mass is 32.1. The topological polar surface area (TPSA) is 18.5 Å². The molecule has 0 aliphatic carbocycles. The van der Waals surface area contributed by atoms with Crippen molar-refractivity contribution in [1.29, 1.82) is 0 Å². The Hall–Kier alpha value is -1.23. The molecule has 0 aromatic heterocycles. The van der Waals surface area contributed by atoms with Gasteiger partial charge >= 0.3 is 7.12 Å². The fourth-order valence-electron chi connectivity index (χ4n) is 2.98. The van der Waals surface area contributed by atoms with Crippen molar-refractivity contribution in [3.8, 4) is 0 Å². The molecule has 1 heterocycles. The molecule has 2 nitrogen and oxygen atoms in total. The van der Waals surface area contributed by atoms with Crippen molar-refractivity contribution in [2.24, 2.45) is 0 Å². The molecule has 0 bridgehead atoms. The van der Waals surface area contributed by atoms with Crippen LogP contribution in [0.15, 0.2) is 41.9 Å². The van der Waals surface area contributed by atoms with Crippen molar-refractivity contribution < 1.29 is 9.31 Å². The highest BCUT2D eigenvalue weighted by molar-refractivity contribution is 7.80. The van der Waals surface area contributed by atoms with Crippen LogP contribution >= 0.6 is 12.6 Å². The molecule has 2 aromatic carbocycles. The Bertz CT molecular complexity index is 779. The molecule has 3 rings (SSSR count). The molecule has 2 aromatic rings. The SMILES string of the molecule is Cc1ccc(C=C(CS)B2OC(C)(C)C(C)(C)O2)c2ccccc12. The minimum Gasteiger partial charge on any atom is -0.400 e. The lowest BCUT2D eigenvalue weighted by Gasteiger charge is -2.32. The predicted octanol–water partition coefficient (Wildman–Crippen LogP) is 5.09. The Labute approximate surface area is 150 Å². The van der Waals surface area contributed by atoms with E-state index in [0.717, 1.165) is 5.47 Å². The minimum absolute atomic E-state index is 0.338. The highest BCUT2D eigenvalue weighted by Crippen LogP contribution is 2.39. The molecule has 0 atom stereocenters. The largest absolute Gasteiger partial charge is 0.491 e. The first-order valence-corrected chi connectivity index (χ1v) is 9.04. The summed E-state index contributed by atoms with van der Waals surface area (Å²) in [6.45, 7) is 10.4. The van der Waals surface area contributed by atoms with E-state index in [1.807, 2.05) is 0 Å². The molecule has 0 spiro atoms. The lowest BCUT2D eigenvalue weighted by molar-refractivity contribution is 0.00578. The van der Waals surface area contributed by atoms with Gasteiger partial charge in [-0.25, -0.2) is 0 Å². The zero-order chi connectivity index (χ0) is 17.5. The Morgan fingerprint density at radius 3 is 2.17 bits per heavy atom. The fraction of sp³-hybridized carbons (Fsp3) is 0.400. The summed E-state index contributed by atoms with van der Waals surface area (Å²) in [7, 11) is -0.354. The maximum absolute atomic E-state index is 6.19. The van der Waals surface area contributed by atoms with Gasteiger partial charge in [-0.1, -0.05) is 42.5 Å². The van der Waals surface area contributed by atoms with Crippen LogP contribution in [0.5, 0.6) is 0 Å². The van der Waals surface area contributed by atoms with Crippen molar-refractivity contribution in [3.63, 3.8) is 0 Å². The van der Waals surface area contributed by atoms with Gasteiger partial charge in [0.2, 0.25) is 0 Å². The number of fused-ring (bicyclic) bond motifs is 1. The van der Waals surface area contributed by atoms with E-state index in [-0.39, 0.29) is 18.3 Å². The molecule has 4 heteroatoms.